The predicted molar refractivity (Wildman–Crippen MR) is 128 cm³/mol. The summed E-state index contributed by atoms with van der Waals surface area (Å²) in [6, 6.07) is 1.69. The Bertz CT molecular complexity index is 605. The molecule has 5 nitrogen and oxygen atoms in total. The number of aromatic carboxylic acids is 1. The van der Waals surface area contributed by atoms with Crippen molar-refractivity contribution < 1.29 is 25.2 Å². The molecule has 2 aliphatic carbocycles. The highest BCUT2D eigenvalue weighted by Crippen LogP contribution is 2.36. The molecule has 0 radical (unpaired) electrons. The fourth-order valence-electron chi connectivity index (χ4n) is 5.35. The Balaban J connectivity index is 0.000000258. The van der Waals surface area contributed by atoms with Crippen LogP contribution < -0.4 is 0 Å². The van der Waals surface area contributed by atoms with Gasteiger partial charge in [0, 0.05) is 0 Å². The Morgan fingerprint density at radius 3 is 1.12 bits per heavy atom. The molecular weight excluding hydrogens is 404 g/mol. The molecule has 5 heteroatoms. The number of rotatable bonds is 2. The summed E-state index contributed by atoms with van der Waals surface area (Å²) in [7, 11) is 0. The Labute approximate surface area is 193 Å². The average molecular weight is 449 g/mol. The number of carboxylic acid groups (broad SMARTS) is 1. The van der Waals surface area contributed by atoms with Gasteiger partial charge in [0.25, 0.3) is 0 Å². The van der Waals surface area contributed by atoms with Crippen LogP contribution in [0.25, 0.3) is 0 Å². The van der Waals surface area contributed by atoms with Crippen molar-refractivity contribution in [3.05, 3.63) is 17.7 Å². The first-order valence-electron chi connectivity index (χ1n) is 13.0. The van der Waals surface area contributed by atoms with Crippen molar-refractivity contribution in [1.29, 1.82) is 0 Å². The molecule has 2 aliphatic rings. The summed E-state index contributed by atoms with van der Waals surface area (Å²) < 4.78 is 0. The number of carbonyl (C=O) groups is 1. The maximum Gasteiger partial charge on any atom is 0.335 e. The summed E-state index contributed by atoms with van der Waals surface area (Å²) in [5.74, 6) is -1.15. The molecule has 2 fully saturated rings. The minimum absolute atomic E-state index is 0.289. The van der Waals surface area contributed by atoms with E-state index in [1.54, 1.807) is 25.7 Å². The fourth-order valence-corrected chi connectivity index (χ4v) is 5.35. The van der Waals surface area contributed by atoms with Crippen molar-refractivity contribution in [1.82, 2.24) is 0 Å². The van der Waals surface area contributed by atoms with Gasteiger partial charge in [0.15, 0.2) is 17.2 Å². The first-order chi connectivity index (χ1) is 15.5. The standard InChI is InChI=1S/C20H38.C7H6O5/c1-3-7-11-15-19(16-12-8-4-1)20-17-13-9-5-2-6-10-14-18-20;8-4-1-3(7(11)12)2-5(9)6(4)10/h19-20H,1-18H2;1-2,8-10H,(H,11,12). The van der Waals surface area contributed by atoms with Crippen LogP contribution in [0.3, 0.4) is 0 Å². The number of hydrogen-bond acceptors (Lipinski definition) is 4. The number of phenolic OH excluding ortho intramolecular Hbond substituents is 3. The Hall–Kier alpha value is -1.91. The molecule has 0 amide bonds. The van der Waals surface area contributed by atoms with Crippen LogP contribution in [0.4, 0.5) is 0 Å². The van der Waals surface area contributed by atoms with E-state index in [9.17, 15) is 4.79 Å². The Morgan fingerprint density at radius 1 is 0.562 bits per heavy atom. The molecule has 182 valence electrons. The summed E-state index contributed by atoms with van der Waals surface area (Å²) in [6.07, 6.45) is 27.5. The van der Waals surface area contributed by atoms with Crippen LogP contribution in [0.1, 0.15) is 126 Å². The summed E-state index contributed by atoms with van der Waals surface area (Å²) in [4.78, 5) is 10.3. The number of benzene rings is 1. The molecule has 4 N–H and O–H groups in total. The van der Waals surface area contributed by atoms with Gasteiger partial charge in [-0.2, -0.15) is 0 Å². The van der Waals surface area contributed by atoms with Crippen LogP contribution in [0.2, 0.25) is 0 Å². The topological polar surface area (TPSA) is 98.0 Å². The van der Waals surface area contributed by atoms with Crippen LogP contribution in [-0.2, 0) is 0 Å². The SMILES string of the molecule is C1CCCCC(C2CCCCCCCCC2)CCCC1.O=C(O)c1cc(O)c(O)c(O)c1. The lowest BCUT2D eigenvalue weighted by atomic mass is 9.77. The van der Waals surface area contributed by atoms with Gasteiger partial charge in [0.2, 0.25) is 0 Å². The summed E-state index contributed by atoms with van der Waals surface area (Å²) >= 11 is 0. The van der Waals surface area contributed by atoms with Gasteiger partial charge in [-0.3, -0.25) is 0 Å². The zero-order valence-corrected chi connectivity index (χ0v) is 19.7. The molecule has 0 unspecified atom stereocenters. The van der Waals surface area contributed by atoms with E-state index in [4.69, 9.17) is 20.4 Å². The monoisotopic (exact) mass is 448 g/mol. The second-order valence-corrected chi connectivity index (χ2v) is 9.79. The van der Waals surface area contributed by atoms with Crippen molar-refractivity contribution >= 4 is 5.97 Å². The molecule has 0 spiro atoms. The zero-order chi connectivity index (χ0) is 23.2. The van der Waals surface area contributed by atoms with Crippen molar-refractivity contribution in [2.24, 2.45) is 11.8 Å². The lowest BCUT2D eigenvalue weighted by Gasteiger charge is -2.29. The second kappa shape index (κ2) is 15.0. The molecule has 3 rings (SSSR count). The van der Waals surface area contributed by atoms with Crippen molar-refractivity contribution in [3.63, 3.8) is 0 Å². The van der Waals surface area contributed by atoms with E-state index in [-0.39, 0.29) is 5.56 Å². The zero-order valence-electron chi connectivity index (χ0n) is 19.7. The van der Waals surface area contributed by atoms with E-state index in [0.29, 0.717) is 0 Å². The molecule has 32 heavy (non-hydrogen) atoms. The van der Waals surface area contributed by atoms with Crippen molar-refractivity contribution in [2.75, 3.05) is 0 Å². The minimum Gasteiger partial charge on any atom is -0.504 e. The number of phenols is 3. The number of carboxylic acids is 1. The molecule has 0 heterocycles. The van der Waals surface area contributed by atoms with Gasteiger partial charge in [-0.1, -0.05) is 116 Å². The van der Waals surface area contributed by atoms with Crippen molar-refractivity contribution in [2.45, 2.75) is 116 Å². The Morgan fingerprint density at radius 2 is 0.844 bits per heavy atom. The molecule has 0 saturated heterocycles. The molecule has 2 saturated carbocycles. The lowest BCUT2D eigenvalue weighted by molar-refractivity contribution is 0.0696. The third kappa shape index (κ3) is 9.70. The molecule has 1 aromatic carbocycles. The maximum atomic E-state index is 10.3. The molecule has 1 aromatic rings. The van der Waals surface area contributed by atoms with Gasteiger partial charge in [0.05, 0.1) is 5.56 Å². The van der Waals surface area contributed by atoms with Crippen LogP contribution >= 0.6 is 0 Å². The first kappa shape index (κ1) is 26.3. The number of hydrogen-bond donors (Lipinski definition) is 4. The highest BCUT2D eigenvalue weighted by atomic mass is 16.4. The van der Waals surface area contributed by atoms with Gasteiger partial charge in [-0.15, -0.1) is 0 Å². The van der Waals surface area contributed by atoms with Gasteiger partial charge < -0.3 is 20.4 Å². The fraction of sp³-hybridized carbons (Fsp3) is 0.741. The van der Waals surface area contributed by atoms with Crippen LogP contribution in [0.5, 0.6) is 17.2 Å². The smallest absolute Gasteiger partial charge is 0.335 e. The second-order valence-electron chi connectivity index (χ2n) is 9.79. The largest absolute Gasteiger partial charge is 0.504 e. The van der Waals surface area contributed by atoms with E-state index >= 15 is 0 Å². The van der Waals surface area contributed by atoms with E-state index in [0.717, 1.165) is 24.0 Å². The van der Waals surface area contributed by atoms with Crippen LogP contribution in [0, 0.1) is 11.8 Å². The molecule has 0 aliphatic heterocycles. The van der Waals surface area contributed by atoms with Gasteiger partial charge in [-0.05, 0) is 24.0 Å². The normalized spacial score (nSPS) is 20.5. The van der Waals surface area contributed by atoms with E-state index in [2.05, 4.69) is 0 Å². The summed E-state index contributed by atoms with van der Waals surface area (Å²) in [6.45, 7) is 0. The predicted octanol–water partition coefficient (Wildman–Crippen LogP) is 7.77. The van der Waals surface area contributed by atoms with Gasteiger partial charge >= 0.3 is 5.97 Å². The Kier molecular flexibility index (Phi) is 12.4. The molecule has 0 bridgehead atoms. The third-order valence-corrected chi connectivity index (χ3v) is 7.28. The van der Waals surface area contributed by atoms with Crippen LogP contribution in [-0.4, -0.2) is 26.4 Å². The minimum atomic E-state index is -1.29. The quantitative estimate of drug-likeness (QED) is 0.346. The van der Waals surface area contributed by atoms with Crippen molar-refractivity contribution in [3.8, 4) is 17.2 Å². The average Bonchev–Trinajstić information content (AvgIpc) is 2.79. The number of aromatic hydroxyl groups is 3. The lowest BCUT2D eigenvalue weighted by Crippen LogP contribution is -2.16. The van der Waals surface area contributed by atoms with Gasteiger partial charge in [-0.25, -0.2) is 4.79 Å². The maximum absolute atomic E-state index is 10.3. The van der Waals surface area contributed by atoms with Gasteiger partial charge in [0.1, 0.15) is 0 Å². The molecule has 0 atom stereocenters. The third-order valence-electron chi connectivity index (χ3n) is 7.28. The van der Waals surface area contributed by atoms with E-state index in [1.807, 2.05) is 0 Å². The highest BCUT2D eigenvalue weighted by Gasteiger charge is 2.21. The van der Waals surface area contributed by atoms with E-state index < -0.39 is 23.2 Å². The summed E-state index contributed by atoms with van der Waals surface area (Å²) in [5.41, 5.74) is -0.289. The molecule has 0 aromatic heterocycles. The highest BCUT2D eigenvalue weighted by molar-refractivity contribution is 5.89. The molecular formula is C27H44O5. The van der Waals surface area contributed by atoms with Crippen LogP contribution in [0.15, 0.2) is 12.1 Å². The summed E-state index contributed by atoms with van der Waals surface area (Å²) in [5, 5.41) is 35.0. The first-order valence-corrected chi connectivity index (χ1v) is 13.0. The van der Waals surface area contributed by atoms with E-state index in [1.165, 1.54) is 89.9 Å².